The van der Waals surface area contributed by atoms with Crippen molar-refractivity contribution in [3.05, 3.63) is 52.3 Å². The maximum Gasteiger partial charge on any atom is 0.268 e. The number of morpholine rings is 1. The number of sulfonamides is 1. The lowest BCUT2D eigenvalue weighted by Gasteiger charge is -2.26. The van der Waals surface area contributed by atoms with E-state index in [1.54, 1.807) is 38.1 Å². The third-order valence-electron chi connectivity index (χ3n) is 5.00. The van der Waals surface area contributed by atoms with E-state index in [1.807, 2.05) is 0 Å². The summed E-state index contributed by atoms with van der Waals surface area (Å²) in [6.45, 7) is 6.68. The maximum absolute atomic E-state index is 12.6. The number of amides is 1. The summed E-state index contributed by atoms with van der Waals surface area (Å²) in [5, 5.41) is 2.80. The average Bonchev–Trinajstić information content (AvgIpc) is 3.01. The molecule has 8 nitrogen and oxygen atoms in total. The number of carbonyl (C=O) groups is 2. The Morgan fingerprint density at radius 3 is 2.31 bits per heavy atom. The van der Waals surface area contributed by atoms with Crippen LogP contribution in [0.4, 0.5) is 0 Å². The van der Waals surface area contributed by atoms with E-state index in [0.717, 1.165) is 5.56 Å². The van der Waals surface area contributed by atoms with E-state index in [0.29, 0.717) is 48.8 Å². The fourth-order valence-electron chi connectivity index (χ4n) is 3.49. The molecule has 156 valence electrons. The molecule has 29 heavy (non-hydrogen) atoms. The molecule has 1 aromatic carbocycles. The molecule has 1 aromatic heterocycles. The number of ether oxygens (including phenoxy) is 1. The summed E-state index contributed by atoms with van der Waals surface area (Å²) < 4.78 is 31.9. The minimum Gasteiger partial charge on any atom is -0.379 e. The third kappa shape index (κ3) is 4.42. The summed E-state index contributed by atoms with van der Waals surface area (Å²) in [6, 6.07) is 6.46. The van der Waals surface area contributed by atoms with Gasteiger partial charge in [-0.1, -0.05) is 12.1 Å². The molecule has 0 atom stereocenters. The largest absolute Gasteiger partial charge is 0.379 e. The molecule has 2 aromatic rings. The highest BCUT2D eigenvalue weighted by Crippen LogP contribution is 2.19. The van der Waals surface area contributed by atoms with E-state index in [1.165, 1.54) is 11.2 Å². The number of aromatic amines is 1. The molecule has 0 unspecified atom stereocenters. The first kappa shape index (κ1) is 21.2. The Morgan fingerprint density at radius 1 is 1.14 bits per heavy atom. The summed E-state index contributed by atoms with van der Waals surface area (Å²) in [7, 11) is -3.54. The molecule has 0 bridgehead atoms. The monoisotopic (exact) mass is 419 g/mol. The first-order valence-electron chi connectivity index (χ1n) is 9.37. The van der Waals surface area contributed by atoms with Gasteiger partial charge in [-0.3, -0.25) is 9.59 Å². The quantitative estimate of drug-likeness (QED) is 0.694. The molecule has 9 heteroatoms. The second kappa shape index (κ2) is 8.48. The van der Waals surface area contributed by atoms with Gasteiger partial charge in [0.05, 0.1) is 18.1 Å². The Morgan fingerprint density at radius 2 is 1.76 bits per heavy atom. The third-order valence-corrected chi connectivity index (χ3v) is 6.91. The standard InChI is InChI=1S/C20H25N3O5S/c1-13-18(15(3)24)14(2)22-19(13)20(25)21-12-16-4-6-17(7-5-16)29(26,27)23-8-10-28-11-9-23/h4-7,22H,8-12H2,1-3H3,(H,21,25). The van der Waals surface area contributed by atoms with Crippen LogP contribution in [0.5, 0.6) is 0 Å². The van der Waals surface area contributed by atoms with Gasteiger partial charge >= 0.3 is 0 Å². The zero-order valence-corrected chi connectivity index (χ0v) is 17.6. The molecule has 0 spiro atoms. The van der Waals surface area contributed by atoms with Crippen molar-refractivity contribution in [3.8, 4) is 0 Å². The van der Waals surface area contributed by atoms with Crippen molar-refractivity contribution < 1.29 is 22.7 Å². The smallest absolute Gasteiger partial charge is 0.268 e. The molecule has 1 saturated heterocycles. The first-order chi connectivity index (χ1) is 13.7. The minimum atomic E-state index is -3.54. The Hall–Kier alpha value is -2.49. The fraction of sp³-hybridized carbons (Fsp3) is 0.400. The van der Waals surface area contributed by atoms with Gasteiger partial charge in [0.15, 0.2) is 5.78 Å². The second-order valence-electron chi connectivity index (χ2n) is 7.02. The molecular weight excluding hydrogens is 394 g/mol. The molecular formula is C20H25N3O5S. The van der Waals surface area contributed by atoms with Crippen LogP contribution in [0.3, 0.4) is 0 Å². The van der Waals surface area contributed by atoms with Crippen LogP contribution in [0.25, 0.3) is 0 Å². The van der Waals surface area contributed by atoms with E-state index in [9.17, 15) is 18.0 Å². The predicted molar refractivity (Wildman–Crippen MR) is 107 cm³/mol. The summed E-state index contributed by atoms with van der Waals surface area (Å²) in [5.41, 5.74) is 2.95. The van der Waals surface area contributed by atoms with Crippen molar-refractivity contribution in [2.24, 2.45) is 0 Å². The van der Waals surface area contributed by atoms with Gasteiger partial charge in [0, 0.05) is 30.9 Å². The molecule has 1 fully saturated rings. The number of H-pyrrole nitrogens is 1. The van der Waals surface area contributed by atoms with Gasteiger partial charge in [-0.15, -0.1) is 0 Å². The van der Waals surface area contributed by atoms with Crippen LogP contribution in [0.1, 0.15) is 44.6 Å². The van der Waals surface area contributed by atoms with Crippen LogP contribution in [-0.2, 0) is 21.3 Å². The van der Waals surface area contributed by atoms with Crippen molar-refractivity contribution >= 4 is 21.7 Å². The zero-order valence-electron chi connectivity index (χ0n) is 16.7. The number of carbonyl (C=O) groups excluding carboxylic acids is 2. The van der Waals surface area contributed by atoms with Crippen LogP contribution in [-0.4, -0.2) is 55.7 Å². The Balaban J connectivity index is 1.67. The van der Waals surface area contributed by atoms with Crippen molar-refractivity contribution in [3.63, 3.8) is 0 Å². The van der Waals surface area contributed by atoms with Crippen molar-refractivity contribution in [2.45, 2.75) is 32.2 Å². The molecule has 2 heterocycles. The van der Waals surface area contributed by atoms with Crippen LogP contribution in [0, 0.1) is 13.8 Å². The SMILES string of the molecule is CC(=O)c1c(C)[nH]c(C(=O)NCc2ccc(S(=O)(=O)N3CCOCC3)cc2)c1C. The van der Waals surface area contributed by atoms with Gasteiger partial charge in [0.2, 0.25) is 10.0 Å². The molecule has 0 radical (unpaired) electrons. The number of nitrogens with one attached hydrogen (secondary N) is 2. The van der Waals surface area contributed by atoms with E-state index in [2.05, 4.69) is 10.3 Å². The fourth-order valence-corrected chi connectivity index (χ4v) is 4.90. The number of rotatable bonds is 6. The Labute approximate surface area is 170 Å². The first-order valence-corrected chi connectivity index (χ1v) is 10.8. The predicted octanol–water partition coefficient (Wildman–Crippen LogP) is 1.79. The summed E-state index contributed by atoms with van der Waals surface area (Å²) in [4.78, 5) is 27.4. The lowest BCUT2D eigenvalue weighted by molar-refractivity contribution is 0.0730. The number of nitrogens with zero attached hydrogens (tertiary/aromatic N) is 1. The van der Waals surface area contributed by atoms with E-state index in [4.69, 9.17) is 4.74 Å². The van der Waals surface area contributed by atoms with Gasteiger partial charge in [-0.05, 0) is 44.0 Å². The van der Waals surface area contributed by atoms with Gasteiger partial charge in [-0.2, -0.15) is 4.31 Å². The lowest BCUT2D eigenvalue weighted by atomic mass is 10.1. The number of Topliss-reactive ketones (excluding diaryl/α,β-unsaturated/α-hetero) is 1. The number of aromatic nitrogens is 1. The summed E-state index contributed by atoms with van der Waals surface area (Å²) in [5.74, 6) is -0.407. The number of ketones is 1. The molecule has 2 N–H and O–H groups in total. The van der Waals surface area contributed by atoms with Crippen LogP contribution >= 0.6 is 0 Å². The maximum atomic E-state index is 12.6. The number of hydrogen-bond donors (Lipinski definition) is 2. The lowest BCUT2D eigenvalue weighted by Crippen LogP contribution is -2.40. The van der Waals surface area contributed by atoms with Crippen LogP contribution < -0.4 is 5.32 Å². The highest BCUT2D eigenvalue weighted by molar-refractivity contribution is 7.89. The van der Waals surface area contributed by atoms with Crippen molar-refractivity contribution in [1.82, 2.24) is 14.6 Å². The van der Waals surface area contributed by atoms with E-state index in [-0.39, 0.29) is 23.1 Å². The second-order valence-corrected chi connectivity index (χ2v) is 8.96. The van der Waals surface area contributed by atoms with Crippen LogP contribution in [0.15, 0.2) is 29.2 Å². The topological polar surface area (TPSA) is 109 Å². The Bertz CT molecular complexity index is 1020. The molecule has 3 rings (SSSR count). The van der Waals surface area contributed by atoms with Crippen LogP contribution in [0.2, 0.25) is 0 Å². The number of hydrogen-bond acceptors (Lipinski definition) is 5. The molecule has 1 amide bonds. The summed E-state index contributed by atoms with van der Waals surface area (Å²) in [6.07, 6.45) is 0. The molecule has 1 aliphatic heterocycles. The summed E-state index contributed by atoms with van der Waals surface area (Å²) >= 11 is 0. The molecule has 0 aliphatic carbocycles. The normalized spacial score (nSPS) is 15.3. The van der Waals surface area contributed by atoms with E-state index < -0.39 is 10.0 Å². The zero-order chi connectivity index (χ0) is 21.2. The van der Waals surface area contributed by atoms with Gasteiger partial charge < -0.3 is 15.0 Å². The number of aryl methyl sites for hydroxylation is 1. The number of benzene rings is 1. The Kier molecular flexibility index (Phi) is 6.21. The van der Waals surface area contributed by atoms with Crippen molar-refractivity contribution in [2.75, 3.05) is 26.3 Å². The highest BCUT2D eigenvalue weighted by atomic mass is 32.2. The minimum absolute atomic E-state index is 0.0904. The molecule has 0 saturated carbocycles. The van der Waals surface area contributed by atoms with Gasteiger partial charge in [0.1, 0.15) is 5.69 Å². The van der Waals surface area contributed by atoms with Crippen molar-refractivity contribution in [1.29, 1.82) is 0 Å². The van der Waals surface area contributed by atoms with E-state index >= 15 is 0 Å². The average molecular weight is 420 g/mol. The molecule has 1 aliphatic rings. The van der Waals surface area contributed by atoms with Gasteiger partial charge in [-0.25, -0.2) is 8.42 Å². The highest BCUT2D eigenvalue weighted by Gasteiger charge is 2.26. The van der Waals surface area contributed by atoms with Gasteiger partial charge in [0.25, 0.3) is 5.91 Å².